The van der Waals surface area contributed by atoms with Crippen LogP contribution in [-0.2, 0) is 9.59 Å². The minimum Gasteiger partial charge on any atom is -0.357 e. The van der Waals surface area contributed by atoms with E-state index in [4.69, 9.17) is 0 Å². The number of amides is 2. The molecule has 0 radical (unpaired) electrons. The monoisotopic (exact) mass is 367 g/mol. The molecule has 0 aromatic heterocycles. The molecule has 1 aliphatic rings. The van der Waals surface area contributed by atoms with E-state index in [-0.39, 0.29) is 17.9 Å². The fourth-order valence-corrected chi connectivity index (χ4v) is 3.38. The van der Waals surface area contributed by atoms with Crippen molar-refractivity contribution < 1.29 is 9.59 Å². The van der Waals surface area contributed by atoms with E-state index in [1.54, 1.807) is 0 Å². The van der Waals surface area contributed by atoms with Crippen molar-refractivity contribution in [3.05, 3.63) is 0 Å². The summed E-state index contributed by atoms with van der Waals surface area (Å²) in [4.78, 5) is 34.7. The van der Waals surface area contributed by atoms with Gasteiger partial charge >= 0.3 is 0 Å². The summed E-state index contributed by atoms with van der Waals surface area (Å²) in [7, 11) is 1.89. The lowest BCUT2D eigenvalue weighted by atomic mass is 10.1. The molecular formula is C19H37N5O2. The van der Waals surface area contributed by atoms with Gasteiger partial charge in [-0.05, 0) is 40.0 Å². The van der Waals surface area contributed by atoms with Gasteiger partial charge in [-0.1, -0.05) is 6.92 Å². The van der Waals surface area contributed by atoms with Crippen LogP contribution >= 0.6 is 0 Å². The van der Waals surface area contributed by atoms with Crippen molar-refractivity contribution in [2.45, 2.75) is 59.4 Å². The molecule has 0 aromatic rings. The van der Waals surface area contributed by atoms with Crippen LogP contribution in [0.4, 0.5) is 0 Å². The van der Waals surface area contributed by atoms with Gasteiger partial charge in [0, 0.05) is 52.2 Å². The second-order valence-corrected chi connectivity index (χ2v) is 6.70. The molecule has 1 heterocycles. The number of rotatable bonds is 10. The highest BCUT2D eigenvalue weighted by atomic mass is 16.2. The SMILES string of the molecule is CCNC(=NCCC(CC)N1CCCC1=O)N(C)CC(=O)N(CC)CC. The van der Waals surface area contributed by atoms with Gasteiger partial charge < -0.3 is 20.0 Å². The molecule has 1 aliphatic heterocycles. The molecular weight excluding hydrogens is 330 g/mol. The highest BCUT2D eigenvalue weighted by Gasteiger charge is 2.26. The smallest absolute Gasteiger partial charge is 0.242 e. The van der Waals surface area contributed by atoms with Gasteiger partial charge in [-0.2, -0.15) is 0 Å². The molecule has 7 nitrogen and oxygen atoms in total. The maximum absolute atomic E-state index is 12.3. The highest BCUT2D eigenvalue weighted by Crippen LogP contribution is 2.18. The summed E-state index contributed by atoms with van der Waals surface area (Å²) in [6.45, 7) is 12.2. The molecule has 1 fully saturated rings. The van der Waals surface area contributed by atoms with Crippen LogP contribution in [0.1, 0.15) is 53.4 Å². The lowest BCUT2D eigenvalue weighted by Crippen LogP contribution is -2.45. The first-order valence-corrected chi connectivity index (χ1v) is 10.0. The van der Waals surface area contributed by atoms with Gasteiger partial charge in [0.2, 0.25) is 11.8 Å². The summed E-state index contributed by atoms with van der Waals surface area (Å²) >= 11 is 0. The Kier molecular flexibility index (Phi) is 10.1. The van der Waals surface area contributed by atoms with Crippen LogP contribution < -0.4 is 5.32 Å². The van der Waals surface area contributed by atoms with E-state index in [0.717, 1.165) is 51.4 Å². The van der Waals surface area contributed by atoms with Crippen molar-refractivity contribution in [1.82, 2.24) is 20.0 Å². The Morgan fingerprint density at radius 1 is 1.27 bits per heavy atom. The van der Waals surface area contributed by atoms with E-state index < -0.39 is 0 Å². The van der Waals surface area contributed by atoms with Crippen LogP contribution in [0.15, 0.2) is 4.99 Å². The maximum Gasteiger partial charge on any atom is 0.242 e. The van der Waals surface area contributed by atoms with Gasteiger partial charge in [-0.15, -0.1) is 0 Å². The van der Waals surface area contributed by atoms with Crippen molar-refractivity contribution in [1.29, 1.82) is 0 Å². The van der Waals surface area contributed by atoms with Crippen molar-refractivity contribution in [3.63, 3.8) is 0 Å². The number of nitrogens with zero attached hydrogens (tertiary/aromatic N) is 4. The number of nitrogens with one attached hydrogen (secondary N) is 1. The molecule has 2 amide bonds. The molecule has 1 unspecified atom stereocenters. The number of aliphatic imine (C=N–C) groups is 1. The third kappa shape index (κ3) is 6.50. The van der Waals surface area contributed by atoms with Crippen molar-refractivity contribution in [3.8, 4) is 0 Å². The Hall–Kier alpha value is -1.79. The second kappa shape index (κ2) is 11.8. The van der Waals surface area contributed by atoms with Gasteiger partial charge in [0.05, 0.1) is 6.54 Å². The Balaban J connectivity index is 2.63. The molecule has 7 heteroatoms. The Labute approximate surface area is 158 Å². The zero-order valence-corrected chi connectivity index (χ0v) is 17.3. The van der Waals surface area contributed by atoms with E-state index in [9.17, 15) is 9.59 Å². The number of carbonyl (C=O) groups excluding carboxylic acids is 2. The Bertz CT molecular complexity index is 477. The van der Waals surface area contributed by atoms with E-state index in [1.807, 2.05) is 42.5 Å². The number of carbonyl (C=O) groups is 2. The van der Waals surface area contributed by atoms with Gasteiger partial charge in [0.15, 0.2) is 5.96 Å². The number of hydrogen-bond donors (Lipinski definition) is 1. The molecule has 0 bridgehead atoms. The normalized spacial score (nSPS) is 16.0. The molecule has 0 saturated carbocycles. The number of likely N-dealkylation sites (tertiary alicyclic amines) is 1. The van der Waals surface area contributed by atoms with Crippen molar-refractivity contribution in [2.75, 3.05) is 46.3 Å². The first kappa shape index (κ1) is 22.3. The average Bonchev–Trinajstić information content (AvgIpc) is 3.04. The van der Waals surface area contributed by atoms with Crippen molar-refractivity contribution >= 4 is 17.8 Å². The van der Waals surface area contributed by atoms with E-state index in [2.05, 4.69) is 17.2 Å². The second-order valence-electron chi connectivity index (χ2n) is 6.70. The Morgan fingerprint density at radius 2 is 1.96 bits per heavy atom. The quantitative estimate of drug-likeness (QED) is 0.470. The highest BCUT2D eigenvalue weighted by molar-refractivity contribution is 5.86. The first-order chi connectivity index (χ1) is 12.5. The standard InChI is InChI=1S/C19H37N5O2/c1-6-16(24-14-10-11-17(24)25)12-13-21-19(20-7-2)22(5)15-18(26)23(8-3)9-4/h16H,6-15H2,1-5H3,(H,20,21). The maximum atomic E-state index is 12.3. The summed E-state index contributed by atoms with van der Waals surface area (Å²) in [6, 6.07) is 0.263. The molecule has 0 spiro atoms. The van der Waals surface area contributed by atoms with Crippen LogP contribution in [0, 0.1) is 0 Å². The van der Waals surface area contributed by atoms with Gasteiger partial charge in [-0.25, -0.2) is 0 Å². The van der Waals surface area contributed by atoms with Gasteiger partial charge in [-0.3, -0.25) is 14.6 Å². The van der Waals surface area contributed by atoms with Gasteiger partial charge in [0.25, 0.3) is 0 Å². The minimum atomic E-state index is 0.109. The average molecular weight is 368 g/mol. The minimum absolute atomic E-state index is 0.109. The molecule has 0 aliphatic carbocycles. The fraction of sp³-hybridized carbons (Fsp3) is 0.842. The van der Waals surface area contributed by atoms with Crippen LogP contribution in [-0.4, -0.2) is 84.8 Å². The number of guanidine groups is 1. The number of likely N-dealkylation sites (N-methyl/N-ethyl adjacent to an activating group) is 2. The third-order valence-corrected chi connectivity index (χ3v) is 4.93. The first-order valence-electron chi connectivity index (χ1n) is 10.0. The third-order valence-electron chi connectivity index (χ3n) is 4.93. The van der Waals surface area contributed by atoms with Gasteiger partial charge in [0.1, 0.15) is 0 Å². The van der Waals surface area contributed by atoms with E-state index in [0.29, 0.717) is 19.5 Å². The lowest BCUT2D eigenvalue weighted by Gasteiger charge is -2.27. The zero-order valence-electron chi connectivity index (χ0n) is 17.3. The largest absolute Gasteiger partial charge is 0.357 e. The molecule has 1 saturated heterocycles. The summed E-state index contributed by atoms with van der Waals surface area (Å²) in [5.41, 5.74) is 0. The van der Waals surface area contributed by atoms with Crippen LogP contribution in [0.5, 0.6) is 0 Å². The number of hydrogen-bond acceptors (Lipinski definition) is 3. The molecule has 150 valence electrons. The molecule has 1 N–H and O–H groups in total. The summed E-state index contributed by atoms with van der Waals surface area (Å²) in [5, 5.41) is 3.26. The van der Waals surface area contributed by atoms with Crippen LogP contribution in [0.3, 0.4) is 0 Å². The summed E-state index contributed by atoms with van der Waals surface area (Å²) < 4.78 is 0. The topological polar surface area (TPSA) is 68.2 Å². The predicted octanol–water partition coefficient (Wildman–Crippen LogP) is 1.54. The lowest BCUT2D eigenvalue weighted by molar-refractivity contribution is -0.131. The predicted molar refractivity (Wildman–Crippen MR) is 106 cm³/mol. The van der Waals surface area contributed by atoms with E-state index in [1.165, 1.54) is 0 Å². The van der Waals surface area contributed by atoms with E-state index >= 15 is 0 Å². The Morgan fingerprint density at radius 3 is 2.46 bits per heavy atom. The summed E-state index contributed by atoms with van der Waals surface area (Å²) in [5.74, 6) is 1.13. The zero-order chi connectivity index (χ0) is 19.5. The van der Waals surface area contributed by atoms with Crippen LogP contribution in [0.2, 0.25) is 0 Å². The van der Waals surface area contributed by atoms with Crippen molar-refractivity contribution in [2.24, 2.45) is 4.99 Å². The molecule has 1 atom stereocenters. The fourth-order valence-electron chi connectivity index (χ4n) is 3.38. The molecule has 1 rings (SSSR count). The van der Waals surface area contributed by atoms with Crippen LogP contribution in [0.25, 0.3) is 0 Å². The molecule has 26 heavy (non-hydrogen) atoms. The molecule has 0 aromatic carbocycles. The summed E-state index contributed by atoms with van der Waals surface area (Å²) in [6.07, 6.45) is 3.46.